The zero-order valence-corrected chi connectivity index (χ0v) is 16.4. The Morgan fingerprint density at radius 1 is 0.742 bits per heavy atom. The second-order valence-electron chi connectivity index (χ2n) is 7.21. The van der Waals surface area contributed by atoms with Crippen molar-refractivity contribution in [2.75, 3.05) is 0 Å². The maximum Gasteiger partial charge on any atom is 0.194 e. The van der Waals surface area contributed by atoms with Gasteiger partial charge in [0.2, 0.25) is 0 Å². The van der Waals surface area contributed by atoms with Crippen LogP contribution in [-0.4, -0.2) is 22.0 Å². The largest absolute Gasteiger partial charge is 0.595 e. The van der Waals surface area contributed by atoms with Gasteiger partial charge in [-0.1, -0.05) is 36.4 Å². The number of quaternary nitrogens is 2. The van der Waals surface area contributed by atoms with Crippen molar-refractivity contribution in [1.82, 2.24) is 0 Å². The summed E-state index contributed by atoms with van der Waals surface area (Å²) in [6.07, 6.45) is 3.17. The van der Waals surface area contributed by atoms with E-state index < -0.39 is 10.5 Å². The average Bonchev–Trinajstić information content (AvgIpc) is 2.75. The highest BCUT2D eigenvalue weighted by atomic mass is 16.8. The number of fused-ring (bicyclic) bond motifs is 2. The molecule has 0 aromatic heterocycles. The van der Waals surface area contributed by atoms with Crippen molar-refractivity contribution in [3.63, 3.8) is 0 Å². The van der Waals surface area contributed by atoms with Crippen LogP contribution in [0.5, 0.6) is 0 Å². The van der Waals surface area contributed by atoms with E-state index in [1.807, 2.05) is 0 Å². The van der Waals surface area contributed by atoms with Gasteiger partial charge in [0.25, 0.3) is 0 Å². The third-order valence-electron chi connectivity index (χ3n) is 5.26. The first-order chi connectivity index (χ1) is 14.8. The molecule has 4 N–H and O–H groups in total. The molecule has 0 bridgehead atoms. The molecule has 0 heterocycles. The summed E-state index contributed by atoms with van der Waals surface area (Å²) in [5.74, 6) is -0.456. The van der Waals surface area contributed by atoms with Crippen LogP contribution in [0.25, 0.3) is 12.2 Å². The van der Waals surface area contributed by atoms with E-state index in [2.05, 4.69) is 0 Å². The van der Waals surface area contributed by atoms with Crippen LogP contribution >= 0.6 is 0 Å². The molecule has 8 heteroatoms. The zero-order chi connectivity index (χ0) is 22.3. The van der Waals surface area contributed by atoms with Crippen molar-refractivity contribution in [2.45, 2.75) is 6.92 Å². The molecule has 3 aromatic carbocycles. The summed E-state index contributed by atoms with van der Waals surface area (Å²) in [6.45, 7) is 1.59. The lowest BCUT2D eigenvalue weighted by atomic mass is 9.83. The smallest absolute Gasteiger partial charge is 0.194 e. The Morgan fingerprint density at radius 2 is 1.32 bits per heavy atom. The van der Waals surface area contributed by atoms with Crippen molar-refractivity contribution in [1.29, 1.82) is 0 Å². The summed E-state index contributed by atoms with van der Waals surface area (Å²) in [5.41, 5.74) is 2.51. The number of nitrogens with one attached hydrogen (secondary N) is 2. The number of hydrogen-bond acceptors (Lipinski definition) is 6. The van der Waals surface area contributed by atoms with E-state index in [1.165, 1.54) is 6.07 Å². The molecule has 3 aromatic rings. The molecule has 31 heavy (non-hydrogen) atoms. The molecule has 1 aliphatic rings. The number of hydrogen-bond donors (Lipinski definition) is 4. The fourth-order valence-corrected chi connectivity index (χ4v) is 3.69. The van der Waals surface area contributed by atoms with Crippen molar-refractivity contribution < 1.29 is 30.5 Å². The second kappa shape index (κ2) is 7.97. The van der Waals surface area contributed by atoms with Gasteiger partial charge in [-0.3, -0.25) is 9.59 Å². The first kappa shape index (κ1) is 20.8. The number of ketones is 2. The fraction of sp³-hybridized carbons (Fsp3) is 0.0435. The molecule has 2 atom stereocenters. The van der Waals surface area contributed by atoms with Crippen LogP contribution in [-0.2, 0) is 0 Å². The lowest BCUT2D eigenvalue weighted by molar-refractivity contribution is -0.996. The number of carbonyl (C=O) groups is 2. The van der Waals surface area contributed by atoms with E-state index >= 15 is 0 Å². The first-order valence-electron chi connectivity index (χ1n) is 9.39. The predicted octanol–water partition coefficient (Wildman–Crippen LogP) is 1.75. The van der Waals surface area contributed by atoms with Crippen LogP contribution in [0.15, 0.2) is 54.6 Å². The molecule has 0 aliphatic heterocycles. The minimum Gasteiger partial charge on any atom is -0.595 e. The van der Waals surface area contributed by atoms with E-state index in [4.69, 9.17) is 0 Å². The Balaban J connectivity index is 1.73. The Labute approximate surface area is 177 Å². The van der Waals surface area contributed by atoms with Gasteiger partial charge in [0.1, 0.15) is 0 Å². The molecular formula is C23H18N2O6. The van der Waals surface area contributed by atoms with E-state index in [0.717, 1.165) is 6.07 Å². The van der Waals surface area contributed by atoms with Crippen molar-refractivity contribution in [2.24, 2.45) is 0 Å². The Morgan fingerprint density at radius 3 is 1.94 bits per heavy atom. The lowest BCUT2D eigenvalue weighted by Crippen LogP contribution is -3.01. The minimum absolute atomic E-state index is 0.0777. The monoisotopic (exact) mass is 418 g/mol. The fourth-order valence-electron chi connectivity index (χ4n) is 3.69. The van der Waals surface area contributed by atoms with Gasteiger partial charge in [-0.2, -0.15) is 10.5 Å². The maximum atomic E-state index is 12.9. The van der Waals surface area contributed by atoms with Gasteiger partial charge < -0.3 is 10.4 Å². The molecule has 8 nitrogen and oxygen atoms in total. The molecule has 0 spiro atoms. The van der Waals surface area contributed by atoms with Crippen LogP contribution in [0.2, 0.25) is 0 Å². The summed E-state index contributed by atoms with van der Waals surface area (Å²) in [7, 11) is 0. The van der Waals surface area contributed by atoms with Crippen molar-refractivity contribution in [3.05, 3.63) is 104 Å². The molecule has 0 amide bonds. The molecule has 0 fully saturated rings. The van der Waals surface area contributed by atoms with Crippen LogP contribution in [0.4, 0.5) is 11.4 Å². The normalized spacial score (nSPS) is 15.0. The molecule has 2 unspecified atom stereocenters. The number of carbonyl (C=O) groups excluding carboxylic acids is 2. The highest BCUT2D eigenvalue weighted by Gasteiger charge is 2.29. The summed E-state index contributed by atoms with van der Waals surface area (Å²) >= 11 is 0. The molecule has 0 radical (unpaired) electrons. The molecule has 0 saturated carbocycles. The molecule has 4 rings (SSSR count). The van der Waals surface area contributed by atoms with Crippen molar-refractivity contribution >= 4 is 35.1 Å². The lowest BCUT2D eigenvalue weighted by Gasteiger charge is -2.19. The minimum atomic E-state index is -1.25. The summed E-state index contributed by atoms with van der Waals surface area (Å²) in [4.78, 5) is 25.6. The topological polar surface area (TPSA) is 130 Å². The number of aryl methyl sites for hydroxylation is 1. The van der Waals surface area contributed by atoms with E-state index in [-0.39, 0.29) is 22.9 Å². The second-order valence-corrected chi connectivity index (χ2v) is 7.21. The van der Waals surface area contributed by atoms with Gasteiger partial charge in [-0.15, -0.1) is 0 Å². The highest BCUT2D eigenvalue weighted by molar-refractivity contribution is 6.28. The molecular weight excluding hydrogens is 400 g/mol. The first-order valence-corrected chi connectivity index (χ1v) is 9.39. The van der Waals surface area contributed by atoms with Gasteiger partial charge in [-0.25, -0.2) is 10.4 Å². The van der Waals surface area contributed by atoms with Crippen LogP contribution in [0.3, 0.4) is 0 Å². The number of rotatable bonds is 4. The number of benzene rings is 3. The van der Waals surface area contributed by atoms with Crippen molar-refractivity contribution in [3.8, 4) is 0 Å². The quantitative estimate of drug-likeness (QED) is 0.295. The van der Waals surface area contributed by atoms with Gasteiger partial charge in [-0.05, 0) is 36.8 Å². The highest BCUT2D eigenvalue weighted by Crippen LogP contribution is 2.29. The Kier molecular flexibility index (Phi) is 5.34. The van der Waals surface area contributed by atoms with Gasteiger partial charge in [0, 0.05) is 33.4 Å². The summed E-state index contributed by atoms with van der Waals surface area (Å²) < 4.78 is 0. The Hall–Kier alpha value is -3.50. The maximum absolute atomic E-state index is 12.9. The van der Waals surface area contributed by atoms with E-state index in [0.29, 0.717) is 38.9 Å². The summed E-state index contributed by atoms with van der Waals surface area (Å²) in [5, 5.41) is 39.1. The van der Waals surface area contributed by atoms with Gasteiger partial charge >= 0.3 is 0 Å². The molecule has 156 valence electrons. The zero-order valence-electron chi connectivity index (χ0n) is 16.4. The van der Waals surface area contributed by atoms with Crippen LogP contribution in [0.1, 0.15) is 48.5 Å². The average molecular weight is 418 g/mol. The van der Waals surface area contributed by atoms with Gasteiger partial charge in [0.15, 0.2) is 22.9 Å². The third kappa shape index (κ3) is 3.71. The predicted molar refractivity (Wildman–Crippen MR) is 111 cm³/mol. The van der Waals surface area contributed by atoms with E-state index in [9.17, 15) is 30.4 Å². The van der Waals surface area contributed by atoms with Crippen LogP contribution in [0, 0.1) is 17.3 Å². The van der Waals surface area contributed by atoms with Gasteiger partial charge in [0.05, 0.1) is 6.07 Å². The van der Waals surface area contributed by atoms with Crippen LogP contribution < -0.4 is 10.5 Å². The summed E-state index contributed by atoms with van der Waals surface area (Å²) in [6, 6.07) is 14.1. The molecule has 1 aliphatic carbocycles. The Bertz CT molecular complexity index is 1250. The SMILES string of the molecule is Cc1cc(C=Cc2ccc3c(c2)C(=O)c2ccccc2C3=O)c([NH+]([O-])O)cc1[NH+]([O-])O. The third-order valence-corrected chi connectivity index (χ3v) is 5.26. The molecule has 0 saturated heterocycles. The standard InChI is InChI=1S/C23H18N2O6/c1-13-10-15(21(25(30)31)12-20(13)24(28)29)8-6-14-7-9-18-19(11-14)23(27)17-5-3-2-4-16(17)22(18)26/h2-12,24-25,28,30H,1H3. The van der Waals surface area contributed by atoms with E-state index in [1.54, 1.807) is 61.5 Å².